The first-order valence-corrected chi connectivity index (χ1v) is 10.7. The molecule has 144 valence electrons. The first-order valence-electron chi connectivity index (χ1n) is 9.78. The van der Waals surface area contributed by atoms with Gasteiger partial charge in [0.05, 0.1) is 12.1 Å². The van der Waals surface area contributed by atoms with Crippen LogP contribution in [0.1, 0.15) is 55.2 Å². The minimum Gasteiger partial charge on any atom is -0.504 e. The Morgan fingerprint density at radius 1 is 1.30 bits per heavy atom. The van der Waals surface area contributed by atoms with Crippen LogP contribution >= 0.6 is 11.3 Å². The van der Waals surface area contributed by atoms with Gasteiger partial charge >= 0.3 is 0 Å². The summed E-state index contributed by atoms with van der Waals surface area (Å²) in [5.41, 5.74) is 3.66. The Morgan fingerprint density at radius 2 is 2.11 bits per heavy atom. The van der Waals surface area contributed by atoms with Crippen molar-refractivity contribution in [1.82, 2.24) is 4.57 Å². The van der Waals surface area contributed by atoms with E-state index >= 15 is 0 Å². The fraction of sp³-hybridized carbons (Fsp3) is 0.455. The summed E-state index contributed by atoms with van der Waals surface area (Å²) < 4.78 is 21.4. The SMILES string of the molecule is CCc1csc(Cn2c(C3CC3)cc3c(O)c(OCC(F)CC)ccc32)c1. The van der Waals surface area contributed by atoms with Crippen molar-refractivity contribution in [2.24, 2.45) is 0 Å². The average Bonchev–Trinajstić information content (AvgIpc) is 3.31. The lowest BCUT2D eigenvalue weighted by atomic mass is 10.2. The number of aryl methyl sites for hydroxylation is 1. The summed E-state index contributed by atoms with van der Waals surface area (Å²) in [6.07, 6.45) is 2.84. The van der Waals surface area contributed by atoms with Crippen molar-refractivity contribution in [3.8, 4) is 11.5 Å². The van der Waals surface area contributed by atoms with Crippen LogP contribution in [0.25, 0.3) is 10.9 Å². The number of hydrogen-bond donors (Lipinski definition) is 1. The van der Waals surface area contributed by atoms with Crippen LogP contribution in [-0.2, 0) is 13.0 Å². The summed E-state index contributed by atoms with van der Waals surface area (Å²) >= 11 is 1.79. The third-order valence-corrected chi connectivity index (χ3v) is 6.31. The van der Waals surface area contributed by atoms with Crippen LogP contribution < -0.4 is 4.74 Å². The van der Waals surface area contributed by atoms with Crippen LogP contribution in [0.2, 0.25) is 0 Å². The van der Waals surface area contributed by atoms with E-state index in [2.05, 4.69) is 29.0 Å². The van der Waals surface area contributed by atoms with Gasteiger partial charge in [-0.25, -0.2) is 4.39 Å². The van der Waals surface area contributed by atoms with Gasteiger partial charge in [0.25, 0.3) is 0 Å². The predicted molar refractivity (Wildman–Crippen MR) is 109 cm³/mol. The van der Waals surface area contributed by atoms with Gasteiger partial charge in [-0.15, -0.1) is 11.3 Å². The molecule has 3 nitrogen and oxygen atoms in total. The fourth-order valence-electron chi connectivity index (χ4n) is 3.48. The molecule has 0 amide bonds. The van der Waals surface area contributed by atoms with E-state index < -0.39 is 6.17 Å². The Kier molecular flexibility index (Phi) is 5.13. The molecule has 0 bridgehead atoms. The summed E-state index contributed by atoms with van der Waals surface area (Å²) in [6.45, 7) is 4.75. The molecule has 4 rings (SSSR count). The van der Waals surface area contributed by atoms with Crippen molar-refractivity contribution in [2.45, 2.75) is 58.2 Å². The van der Waals surface area contributed by atoms with Crippen LogP contribution in [0.5, 0.6) is 11.5 Å². The highest BCUT2D eigenvalue weighted by atomic mass is 32.1. The normalized spacial score (nSPS) is 15.4. The number of rotatable bonds is 8. The Balaban J connectivity index is 1.69. The van der Waals surface area contributed by atoms with Crippen LogP contribution in [0.4, 0.5) is 4.39 Å². The zero-order valence-corrected chi connectivity index (χ0v) is 16.7. The molecule has 1 atom stereocenters. The minimum absolute atomic E-state index is 0.0270. The number of phenolic OH excluding ortho intramolecular Hbond substituents is 1. The van der Waals surface area contributed by atoms with E-state index in [0.717, 1.165) is 23.9 Å². The molecule has 1 N–H and O–H groups in total. The molecule has 0 radical (unpaired) electrons. The molecule has 1 aliphatic carbocycles. The van der Waals surface area contributed by atoms with Crippen molar-refractivity contribution >= 4 is 22.2 Å². The first kappa shape index (κ1) is 18.4. The van der Waals surface area contributed by atoms with Crippen molar-refractivity contribution in [1.29, 1.82) is 0 Å². The van der Waals surface area contributed by atoms with E-state index in [-0.39, 0.29) is 12.4 Å². The van der Waals surface area contributed by atoms with Crippen molar-refractivity contribution < 1.29 is 14.2 Å². The number of benzene rings is 1. The molecule has 27 heavy (non-hydrogen) atoms. The maximum Gasteiger partial charge on any atom is 0.167 e. The number of aromatic hydroxyl groups is 1. The Morgan fingerprint density at radius 3 is 2.78 bits per heavy atom. The van der Waals surface area contributed by atoms with Crippen molar-refractivity contribution in [2.75, 3.05) is 6.61 Å². The zero-order chi connectivity index (χ0) is 19.0. The third-order valence-electron chi connectivity index (χ3n) is 5.34. The molecule has 1 unspecified atom stereocenters. The number of ether oxygens (including phenoxy) is 1. The molecule has 1 aliphatic rings. The number of aromatic nitrogens is 1. The Labute approximate surface area is 163 Å². The maximum atomic E-state index is 13.5. The molecular weight excluding hydrogens is 361 g/mol. The molecule has 3 aromatic rings. The summed E-state index contributed by atoms with van der Waals surface area (Å²) in [5.74, 6) is 1.06. The number of halogens is 1. The highest BCUT2D eigenvalue weighted by Crippen LogP contribution is 2.45. The molecule has 1 fully saturated rings. The predicted octanol–water partition coefficient (Wildman–Crippen LogP) is 6.02. The highest BCUT2D eigenvalue weighted by molar-refractivity contribution is 7.10. The summed E-state index contributed by atoms with van der Waals surface area (Å²) in [6, 6.07) is 8.12. The van der Waals surface area contributed by atoms with Gasteiger partial charge in [-0.05, 0) is 66.8 Å². The van der Waals surface area contributed by atoms with Crippen molar-refractivity contribution in [3.05, 3.63) is 45.8 Å². The van der Waals surface area contributed by atoms with Gasteiger partial charge < -0.3 is 14.4 Å². The Bertz CT molecular complexity index is 941. The third kappa shape index (κ3) is 3.70. The molecule has 0 spiro atoms. The van der Waals surface area contributed by atoms with Gasteiger partial charge in [0.2, 0.25) is 0 Å². The molecule has 2 aromatic heterocycles. The van der Waals surface area contributed by atoms with Crippen molar-refractivity contribution in [3.63, 3.8) is 0 Å². The summed E-state index contributed by atoms with van der Waals surface area (Å²) in [7, 11) is 0. The largest absolute Gasteiger partial charge is 0.504 e. The van der Waals surface area contributed by atoms with E-state index in [1.807, 2.05) is 6.07 Å². The molecule has 2 heterocycles. The summed E-state index contributed by atoms with van der Waals surface area (Å²) in [5, 5.41) is 13.7. The number of phenols is 1. The second-order valence-corrected chi connectivity index (χ2v) is 8.36. The first-order chi connectivity index (χ1) is 13.1. The van der Waals surface area contributed by atoms with E-state index in [1.165, 1.54) is 29.0 Å². The number of hydrogen-bond acceptors (Lipinski definition) is 3. The van der Waals surface area contributed by atoms with Crippen LogP contribution in [0.3, 0.4) is 0 Å². The topological polar surface area (TPSA) is 34.4 Å². The minimum atomic E-state index is -1.02. The van der Waals surface area contributed by atoms with E-state index in [0.29, 0.717) is 18.1 Å². The van der Waals surface area contributed by atoms with Gasteiger partial charge in [-0.2, -0.15) is 0 Å². The van der Waals surface area contributed by atoms with Crippen LogP contribution in [0, 0.1) is 0 Å². The monoisotopic (exact) mass is 387 g/mol. The number of thiophene rings is 1. The molecular formula is C22H26FNO2S. The molecule has 1 saturated carbocycles. The van der Waals surface area contributed by atoms with Gasteiger partial charge in [0.1, 0.15) is 12.8 Å². The van der Waals surface area contributed by atoms with Gasteiger partial charge in [0.15, 0.2) is 11.5 Å². The van der Waals surface area contributed by atoms with E-state index in [9.17, 15) is 9.50 Å². The molecule has 0 saturated heterocycles. The van der Waals surface area contributed by atoms with Gasteiger partial charge in [-0.1, -0.05) is 13.8 Å². The lowest BCUT2D eigenvalue weighted by Crippen LogP contribution is -2.11. The molecule has 5 heteroatoms. The van der Waals surface area contributed by atoms with Crippen LogP contribution in [-0.4, -0.2) is 22.5 Å². The highest BCUT2D eigenvalue weighted by Gasteiger charge is 2.29. The number of fused-ring (bicyclic) bond motifs is 1. The van der Waals surface area contributed by atoms with Gasteiger partial charge in [-0.3, -0.25) is 0 Å². The van der Waals surface area contributed by atoms with E-state index in [1.54, 1.807) is 24.3 Å². The molecule has 1 aromatic carbocycles. The Hall–Kier alpha value is -2.01. The second-order valence-electron chi connectivity index (χ2n) is 7.37. The van der Waals surface area contributed by atoms with E-state index in [4.69, 9.17) is 4.74 Å². The maximum absolute atomic E-state index is 13.5. The van der Waals surface area contributed by atoms with Crippen LogP contribution in [0.15, 0.2) is 29.6 Å². The lowest BCUT2D eigenvalue weighted by molar-refractivity contribution is 0.187. The summed E-state index contributed by atoms with van der Waals surface area (Å²) in [4.78, 5) is 1.33. The standard InChI is InChI=1S/C22H26FNO2S/c1-3-14-9-17(27-13-14)11-24-19-7-8-21(26-12-16(23)4-2)22(25)18(19)10-20(24)15-5-6-15/h7-10,13,15-16,25H,3-6,11-12H2,1-2H3. The smallest absolute Gasteiger partial charge is 0.167 e. The number of nitrogens with zero attached hydrogens (tertiary/aromatic N) is 1. The zero-order valence-electron chi connectivity index (χ0n) is 15.9. The second kappa shape index (κ2) is 7.55. The average molecular weight is 388 g/mol. The molecule has 0 aliphatic heterocycles. The van der Waals surface area contributed by atoms with Gasteiger partial charge in [0, 0.05) is 16.0 Å². The quantitative estimate of drug-likeness (QED) is 0.512. The number of alkyl halides is 1. The lowest BCUT2D eigenvalue weighted by Gasteiger charge is -2.12. The fourth-order valence-corrected chi connectivity index (χ4v) is 4.44.